The van der Waals surface area contributed by atoms with Crippen molar-refractivity contribution >= 4 is 27.5 Å². The minimum atomic E-state index is -0.181. The molecular weight excluding hydrogens is 454 g/mol. The Hall–Kier alpha value is -3.38. The molecule has 0 spiro atoms. The standard InChI is InChI=1S/C25H22BrN3O2/c1-18-5-2-6-19(11-18)15-29-16-23(14-27-29)28-25(30)21-8-3-7-20(12-21)17-31-24-10-4-9-22(26)13-24/h2-14,16H,15,17H2,1H3,(H,28,30). The second-order valence-corrected chi connectivity index (χ2v) is 8.23. The number of aromatic nitrogens is 2. The summed E-state index contributed by atoms with van der Waals surface area (Å²) >= 11 is 3.43. The van der Waals surface area contributed by atoms with E-state index in [1.807, 2.05) is 59.4 Å². The molecule has 3 aromatic carbocycles. The van der Waals surface area contributed by atoms with Gasteiger partial charge in [0.2, 0.25) is 0 Å². The summed E-state index contributed by atoms with van der Waals surface area (Å²) in [6.07, 6.45) is 3.49. The number of hydrogen-bond acceptors (Lipinski definition) is 3. The van der Waals surface area contributed by atoms with Crippen LogP contribution in [0.2, 0.25) is 0 Å². The highest BCUT2D eigenvalue weighted by Crippen LogP contribution is 2.19. The lowest BCUT2D eigenvalue weighted by atomic mass is 10.1. The molecule has 1 heterocycles. The second kappa shape index (κ2) is 9.62. The number of anilines is 1. The van der Waals surface area contributed by atoms with Crippen molar-refractivity contribution in [3.05, 3.63) is 112 Å². The molecule has 6 heteroatoms. The first-order valence-corrected chi connectivity index (χ1v) is 10.7. The van der Waals surface area contributed by atoms with Gasteiger partial charge in [0.1, 0.15) is 12.4 Å². The highest BCUT2D eigenvalue weighted by molar-refractivity contribution is 9.10. The molecule has 156 valence electrons. The number of carbonyl (C=O) groups is 1. The van der Waals surface area contributed by atoms with Crippen LogP contribution in [0.5, 0.6) is 5.75 Å². The molecule has 0 atom stereocenters. The van der Waals surface area contributed by atoms with Gasteiger partial charge in [-0.25, -0.2) is 0 Å². The average Bonchev–Trinajstić information content (AvgIpc) is 3.19. The zero-order chi connectivity index (χ0) is 21.6. The second-order valence-electron chi connectivity index (χ2n) is 7.32. The number of halogens is 1. The number of nitrogens with zero attached hydrogens (tertiary/aromatic N) is 2. The summed E-state index contributed by atoms with van der Waals surface area (Å²) in [6, 6.07) is 23.4. The van der Waals surface area contributed by atoms with Crippen molar-refractivity contribution in [1.29, 1.82) is 0 Å². The van der Waals surface area contributed by atoms with Crippen LogP contribution in [0, 0.1) is 6.92 Å². The van der Waals surface area contributed by atoms with Crippen molar-refractivity contribution in [2.45, 2.75) is 20.1 Å². The van der Waals surface area contributed by atoms with Gasteiger partial charge in [-0.3, -0.25) is 9.48 Å². The number of ether oxygens (including phenoxy) is 1. The molecule has 4 rings (SSSR count). The molecule has 0 aliphatic heterocycles. The maximum absolute atomic E-state index is 12.7. The van der Waals surface area contributed by atoms with Crippen LogP contribution in [0.15, 0.2) is 89.7 Å². The summed E-state index contributed by atoms with van der Waals surface area (Å²) < 4.78 is 8.59. The molecule has 0 fully saturated rings. The van der Waals surface area contributed by atoms with E-state index in [9.17, 15) is 4.79 Å². The van der Waals surface area contributed by atoms with E-state index in [4.69, 9.17) is 4.74 Å². The molecule has 0 saturated carbocycles. The van der Waals surface area contributed by atoms with Gasteiger partial charge in [0.15, 0.2) is 0 Å². The van der Waals surface area contributed by atoms with E-state index in [1.54, 1.807) is 12.3 Å². The fourth-order valence-electron chi connectivity index (χ4n) is 3.24. The van der Waals surface area contributed by atoms with Crippen LogP contribution >= 0.6 is 15.9 Å². The number of hydrogen-bond donors (Lipinski definition) is 1. The van der Waals surface area contributed by atoms with Crippen LogP contribution in [-0.4, -0.2) is 15.7 Å². The summed E-state index contributed by atoms with van der Waals surface area (Å²) in [5, 5.41) is 7.27. The molecule has 31 heavy (non-hydrogen) atoms. The van der Waals surface area contributed by atoms with Crippen molar-refractivity contribution < 1.29 is 9.53 Å². The molecule has 1 aromatic heterocycles. The zero-order valence-electron chi connectivity index (χ0n) is 17.1. The predicted molar refractivity (Wildman–Crippen MR) is 125 cm³/mol. The fraction of sp³-hybridized carbons (Fsp3) is 0.120. The third-order valence-electron chi connectivity index (χ3n) is 4.71. The van der Waals surface area contributed by atoms with E-state index < -0.39 is 0 Å². The van der Waals surface area contributed by atoms with Crippen molar-refractivity contribution in [2.24, 2.45) is 0 Å². The first kappa shape index (κ1) is 20.9. The molecule has 0 radical (unpaired) electrons. The lowest BCUT2D eigenvalue weighted by Gasteiger charge is -2.08. The monoisotopic (exact) mass is 475 g/mol. The van der Waals surface area contributed by atoms with Gasteiger partial charge in [0.05, 0.1) is 18.4 Å². The summed E-state index contributed by atoms with van der Waals surface area (Å²) in [5.41, 5.74) is 4.53. The van der Waals surface area contributed by atoms with Gasteiger partial charge in [-0.05, 0) is 48.4 Å². The molecule has 0 unspecified atom stereocenters. The minimum Gasteiger partial charge on any atom is -0.489 e. The summed E-state index contributed by atoms with van der Waals surface area (Å²) in [7, 11) is 0. The van der Waals surface area contributed by atoms with Gasteiger partial charge in [0, 0.05) is 16.2 Å². The molecule has 5 nitrogen and oxygen atoms in total. The number of carbonyl (C=O) groups excluding carboxylic acids is 1. The van der Waals surface area contributed by atoms with E-state index in [-0.39, 0.29) is 5.91 Å². The van der Waals surface area contributed by atoms with Crippen molar-refractivity contribution in [3.8, 4) is 5.75 Å². The van der Waals surface area contributed by atoms with Gasteiger partial charge in [0.25, 0.3) is 5.91 Å². The molecule has 0 saturated heterocycles. The van der Waals surface area contributed by atoms with Crippen LogP contribution in [-0.2, 0) is 13.2 Å². The Kier molecular flexibility index (Phi) is 6.48. The largest absolute Gasteiger partial charge is 0.489 e. The Morgan fingerprint density at radius 3 is 2.68 bits per heavy atom. The fourth-order valence-corrected chi connectivity index (χ4v) is 3.62. The van der Waals surface area contributed by atoms with Crippen molar-refractivity contribution in [3.63, 3.8) is 0 Å². The highest BCUT2D eigenvalue weighted by atomic mass is 79.9. The van der Waals surface area contributed by atoms with Gasteiger partial charge >= 0.3 is 0 Å². The topological polar surface area (TPSA) is 56.2 Å². The Morgan fingerprint density at radius 2 is 1.84 bits per heavy atom. The number of rotatable bonds is 7. The van der Waals surface area contributed by atoms with Gasteiger partial charge in [-0.1, -0.05) is 64.0 Å². The number of nitrogens with one attached hydrogen (secondary N) is 1. The molecule has 0 aliphatic carbocycles. The Morgan fingerprint density at radius 1 is 1.03 bits per heavy atom. The lowest BCUT2D eigenvalue weighted by molar-refractivity contribution is 0.102. The molecule has 0 aliphatic rings. The summed E-state index contributed by atoms with van der Waals surface area (Å²) in [4.78, 5) is 12.7. The van der Waals surface area contributed by atoms with Gasteiger partial charge < -0.3 is 10.1 Å². The van der Waals surface area contributed by atoms with Gasteiger partial charge in [-0.2, -0.15) is 5.10 Å². The maximum Gasteiger partial charge on any atom is 0.255 e. The first-order chi connectivity index (χ1) is 15.0. The van der Waals surface area contributed by atoms with Crippen molar-refractivity contribution in [1.82, 2.24) is 9.78 Å². The minimum absolute atomic E-state index is 0.181. The highest BCUT2D eigenvalue weighted by Gasteiger charge is 2.09. The first-order valence-electron chi connectivity index (χ1n) is 9.92. The Balaban J connectivity index is 1.37. The number of benzene rings is 3. The van der Waals surface area contributed by atoms with E-state index in [0.717, 1.165) is 15.8 Å². The lowest BCUT2D eigenvalue weighted by Crippen LogP contribution is -2.12. The van der Waals surface area contributed by atoms with Crippen LogP contribution in [0.3, 0.4) is 0 Å². The normalized spacial score (nSPS) is 10.6. The predicted octanol–water partition coefficient (Wildman–Crippen LogP) is 5.83. The van der Waals surface area contributed by atoms with E-state index in [2.05, 4.69) is 51.5 Å². The van der Waals surface area contributed by atoms with Crippen LogP contribution in [0.25, 0.3) is 0 Å². The third kappa shape index (κ3) is 5.83. The smallest absolute Gasteiger partial charge is 0.255 e. The van der Waals surface area contributed by atoms with E-state index in [0.29, 0.717) is 24.4 Å². The molecule has 0 bridgehead atoms. The molecular formula is C25H22BrN3O2. The Bertz CT molecular complexity index is 1200. The number of aryl methyl sites for hydroxylation is 1. The molecule has 1 N–H and O–H groups in total. The van der Waals surface area contributed by atoms with E-state index >= 15 is 0 Å². The SMILES string of the molecule is Cc1cccc(Cn2cc(NC(=O)c3cccc(COc4cccc(Br)c4)c3)cn2)c1. The molecule has 1 amide bonds. The zero-order valence-corrected chi connectivity index (χ0v) is 18.7. The third-order valence-corrected chi connectivity index (χ3v) is 5.20. The quantitative estimate of drug-likeness (QED) is 0.365. The van der Waals surface area contributed by atoms with Crippen LogP contribution < -0.4 is 10.1 Å². The number of amides is 1. The van der Waals surface area contributed by atoms with Crippen molar-refractivity contribution in [2.75, 3.05) is 5.32 Å². The van der Waals surface area contributed by atoms with Crippen LogP contribution in [0.1, 0.15) is 27.0 Å². The van der Waals surface area contributed by atoms with Gasteiger partial charge in [-0.15, -0.1) is 0 Å². The Labute approximate surface area is 189 Å². The van der Waals surface area contributed by atoms with E-state index in [1.165, 1.54) is 11.1 Å². The average molecular weight is 476 g/mol. The summed E-state index contributed by atoms with van der Waals surface area (Å²) in [5.74, 6) is 0.588. The molecule has 4 aromatic rings. The summed E-state index contributed by atoms with van der Waals surface area (Å²) in [6.45, 7) is 3.10. The maximum atomic E-state index is 12.7. The van der Waals surface area contributed by atoms with Crippen LogP contribution in [0.4, 0.5) is 5.69 Å².